The third-order valence-corrected chi connectivity index (χ3v) is 10.9. The number of rotatable bonds is 47. The van der Waals surface area contributed by atoms with Gasteiger partial charge < -0.3 is 14.2 Å². The summed E-state index contributed by atoms with van der Waals surface area (Å²) in [6.45, 7) is 7.54. The van der Waals surface area contributed by atoms with Gasteiger partial charge in [-0.3, -0.25) is 9.59 Å². The summed E-state index contributed by atoms with van der Waals surface area (Å²) in [7, 11) is 0. The third kappa shape index (κ3) is 49.7. The highest BCUT2D eigenvalue weighted by Crippen LogP contribution is 2.14. The first-order valence-electron chi connectivity index (χ1n) is 26.1. The van der Waals surface area contributed by atoms with E-state index in [4.69, 9.17) is 14.2 Å². The second-order valence-corrected chi connectivity index (χ2v) is 17.0. The van der Waals surface area contributed by atoms with Crippen molar-refractivity contribution >= 4 is 11.9 Å². The Morgan fingerprint density at radius 2 is 0.726 bits per heavy atom. The molecule has 0 aromatic carbocycles. The van der Waals surface area contributed by atoms with Crippen LogP contribution in [-0.4, -0.2) is 37.9 Å². The van der Waals surface area contributed by atoms with Crippen LogP contribution in [0.15, 0.2) is 85.1 Å². The van der Waals surface area contributed by atoms with Gasteiger partial charge in [-0.05, 0) is 109 Å². The SMILES string of the molecule is CC/C=C\C/C=C\C/C=C\CCCCCCCCCC(=O)OCC(COCCCCCC/C=C\C/C=C\C/C=C\CC)OC(=O)CCCCCCC/C=C\CCCCCCCC. The molecule has 0 radical (unpaired) electrons. The van der Waals surface area contributed by atoms with Gasteiger partial charge in [-0.2, -0.15) is 0 Å². The molecule has 0 fully saturated rings. The Morgan fingerprint density at radius 3 is 1.18 bits per heavy atom. The van der Waals surface area contributed by atoms with E-state index >= 15 is 0 Å². The zero-order valence-electron chi connectivity index (χ0n) is 40.9. The van der Waals surface area contributed by atoms with E-state index in [0.29, 0.717) is 19.4 Å². The lowest BCUT2D eigenvalue weighted by atomic mass is 10.1. The summed E-state index contributed by atoms with van der Waals surface area (Å²) < 4.78 is 17.4. The minimum Gasteiger partial charge on any atom is -0.462 e. The molecule has 0 N–H and O–H groups in total. The average Bonchev–Trinajstić information content (AvgIpc) is 3.27. The number of carbonyl (C=O) groups excluding carboxylic acids is 2. The molecule has 0 aromatic rings. The van der Waals surface area contributed by atoms with Gasteiger partial charge in [0.25, 0.3) is 0 Å². The molecule has 0 saturated heterocycles. The van der Waals surface area contributed by atoms with Crippen molar-refractivity contribution in [2.45, 2.75) is 245 Å². The topological polar surface area (TPSA) is 61.8 Å². The first kappa shape index (κ1) is 59.1. The summed E-state index contributed by atoms with van der Waals surface area (Å²) in [6.07, 6.45) is 68.8. The van der Waals surface area contributed by atoms with Crippen LogP contribution in [0.3, 0.4) is 0 Å². The van der Waals surface area contributed by atoms with E-state index in [0.717, 1.165) is 109 Å². The van der Waals surface area contributed by atoms with Crippen LogP contribution >= 0.6 is 0 Å². The molecule has 0 saturated carbocycles. The van der Waals surface area contributed by atoms with Crippen LogP contribution in [0.2, 0.25) is 0 Å². The van der Waals surface area contributed by atoms with E-state index in [2.05, 4.69) is 106 Å². The molecule has 62 heavy (non-hydrogen) atoms. The fourth-order valence-corrected chi connectivity index (χ4v) is 7.06. The number of ether oxygens (including phenoxy) is 3. The predicted molar refractivity (Wildman–Crippen MR) is 270 cm³/mol. The summed E-state index contributed by atoms with van der Waals surface area (Å²) in [5.41, 5.74) is 0. The minimum atomic E-state index is -0.560. The van der Waals surface area contributed by atoms with Crippen LogP contribution in [0.25, 0.3) is 0 Å². The van der Waals surface area contributed by atoms with Crippen molar-refractivity contribution in [3.05, 3.63) is 85.1 Å². The lowest BCUT2D eigenvalue weighted by Gasteiger charge is -2.18. The molecule has 0 aromatic heterocycles. The van der Waals surface area contributed by atoms with Gasteiger partial charge in [0.1, 0.15) is 6.61 Å². The van der Waals surface area contributed by atoms with Crippen LogP contribution in [0.4, 0.5) is 0 Å². The van der Waals surface area contributed by atoms with Crippen molar-refractivity contribution in [1.29, 1.82) is 0 Å². The molecule has 0 rings (SSSR count). The lowest BCUT2D eigenvalue weighted by molar-refractivity contribution is -0.163. The van der Waals surface area contributed by atoms with E-state index in [1.807, 2.05) is 0 Å². The highest BCUT2D eigenvalue weighted by molar-refractivity contribution is 5.70. The van der Waals surface area contributed by atoms with Crippen LogP contribution in [0.5, 0.6) is 0 Å². The van der Waals surface area contributed by atoms with Gasteiger partial charge in [-0.1, -0.05) is 202 Å². The van der Waals surface area contributed by atoms with Crippen molar-refractivity contribution in [2.24, 2.45) is 0 Å². The molecule has 0 spiro atoms. The summed E-state index contributed by atoms with van der Waals surface area (Å²) in [5, 5.41) is 0. The van der Waals surface area contributed by atoms with Crippen LogP contribution in [-0.2, 0) is 23.8 Å². The zero-order chi connectivity index (χ0) is 44.9. The highest BCUT2D eigenvalue weighted by atomic mass is 16.6. The summed E-state index contributed by atoms with van der Waals surface area (Å²) >= 11 is 0. The smallest absolute Gasteiger partial charge is 0.306 e. The summed E-state index contributed by atoms with van der Waals surface area (Å²) in [5.74, 6) is -0.431. The number of esters is 2. The van der Waals surface area contributed by atoms with Crippen molar-refractivity contribution in [3.8, 4) is 0 Å². The molecular weight excluding hydrogens is 765 g/mol. The van der Waals surface area contributed by atoms with Gasteiger partial charge >= 0.3 is 11.9 Å². The normalized spacial score (nSPS) is 12.9. The summed E-state index contributed by atoms with van der Waals surface area (Å²) in [4.78, 5) is 25.4. The predicted octanol–water partition coefficient (Wildman–Crippen LogP) is 17.7. The number of hydrogen-bond donors (Lipinski definition) is 0. The Balaban J connectivity index is 4.33. The number of hydrogen-bond acceptors (Lipinski definition) is 5. The van der Waals surface area contributed by atoms with E-state index in [-0.39, 0.29) is 25.2 Å². The second kappa shape index (κ2) is 52.4. The molecule has 1 atom stereocenters. The molecule has 0 aliphatic rings. The Hall–Kier alpha value is -2.92. The molecule has 0 heterocycles. The average molecular weight is 863 g/mol. The third-order valence-electron chi connectivity index (χ3n) is 10.9. The molecule has 0 amide bonds. The standard InChI is InChI=1S/C57H98O5/c1-4-7-10-13-16-19-22-25-28-29-31-32-35-38-41-44-47-50-56(58)61-54-55(53-60-52-49-46-43-40-37-34-27-24-21-18-15-12-9-6-3)62-57(59)51-48-45-42-39-36-33-30-26-23-20-17-14-11-8-5-2/h7,9-10,12,16,18-19,21,25-28,30,34,55H,4-6,8,11,13-15,17,20,22-24,29,31-33,35-54H2,1-3H3/b10-7-,12-9-,19-16-,21-18-,28-25-,30-26-,34-27-. The number of carbonyl (C=O) groups is 2. The maximum Gasteiger partial charge on any atom is 0.306 e. The van der Waals surface area contributed by atoms with Gasteiger partial charge in [-0.15, -0.1) is 0 Å². The number of allylic oxidation sites excluding steroid dienone is 14. The van der Waals surface area contributed by atoms with Gasteiger partial charge in [0.2, 0.25) is 0 Å². The van der Waals surface area contributed by atoms with Gasteiger partial charge in [0.15, 0.2) is 6.10 Å². The van der Waals surface area contributed by atoms with Crippen molar-refractivity contribution in [2.75, 3.05) is 19.8 Å². The molecule has 5 nitrogen and oxygen atoms in total. The molecule has 1 unspecified atom stereocenters. The van der Waals surface area contributed by atoms with Gasteiger partial charge in [0, 0.05) is 19.4 Å². The molecule has 356 valence electrons. The quantitative estimate of drug-likeness (QED) is 0.0346. The van der Waals surface area contributed by atoms with Gasteiger partial charge in [-0.25, -0.2) is 0 Å². The Kier molecular flexibility index (Phi) is 50.0. The largest absolute Gasteiger partial charge is 0.462 e. The first-order valence-corrected chi connectivity index (χ1v) is 26.1. The summed E-state index contributed by atoms with van der Waals surface area (Å²) in [6, 6.07) is 0. The number of unbranched alkanes of at least 4 members (excludes halogenated alkanes) is 22. The molecule has 0 aliphatic heterocycles. The molecule has 0 aliphatic carbocycles. The second-order valence-electron chi connectivity index (χ2n) is 17.0. The molecule has 0 bridgehead atoms. The Labute approximate surface area is 384 Å². The van der Waals surface area contributed by atoms with Crippen LogP contribution < -0.4 is 0 Å². The lowest BCUT2D eigenvalue weighted by Crippen LogP contribution is -2.30. The van der Waals surface area contributed by atoms with Crippen molar-refractivity contribution in [3.63, 3.8) is 0 Å². The maximum atomic E-state index is 12.8. The molecular formula is C57H98O5. The monoisotopic (exact) mass is 863 g/mol. The minimum absolute atomic E-state index is 0.0644. The zero-order valence-corrected chi connectivity index (χ0v) is 40.9. The van der Waals surface area contributed by atoms with Gasteiger partial charge in [0.05, 0.1) is 6.61 Å². The molecule has 5 heteroatoms. The fourth-order valence-electron chi connectivity index (χ4n) is 7.06. The maximum absolute atomic E-state index is 12.8. The van der Waals surface area contributed by atoms with E-state index < -0.39 is 6.10 Å². The Morgan fingerprint density at radius 1 is 0.371 bits per heavy atom. The van der Waals surface area contributed by atoms with E-state index in [9.17, 15) is 9.59 Å². The van der Waals surface area contributed by atoms with Crippen molar-refractivity contribution in [1.82, 2.24) is 0 Å². The van der Waals surface area contributed by atoms with Crippen LogP contribution in [0.1, 0.15) is 239 Å². The Bertz CT molecular complexity index is 1160. The highest BCUT2D eigenvalue weighted by Gasteiger charge is 2.17. The van der Waals surface area contributed by atoms with E-state index in [1.54, 1.807) is 0 Å². The van der Waals surface area contributed by atoms with Crippen LogP contribution in [0, 0.1) is 0 Å². The van der Waals surface area contributed by atoms with Crippen molar-refractivity contribution < 1.29 is 23.8 Å². The fraction of sp³-hybridized carbons (Fsp3) is 0.719. The first-order chi connectivity index (χ1) is 30.6. The van der Waals surface area contributed by atoms with E-state index in [1.165, 1.54) is 96.3 Å².